The van der Waals surface area contributed by atoms with E-state index < -0.39 is 17.8 Å². The molecule has 0 bridgehead atoms. The first-order valence-electron chi connectivity index (χ1n) is 15.5. The highest BCUT2D eigenvalue weighted by Crippen LogP contribution is 2.66. The lowest BCUT2D eigenvalue weighted by Crippen LogP contribution is -2.56. The minimum atomic E-state index is -0.571. The third kappa shape index (κ3) is 5.65. The number of rotatable bonds is 11. The van der Waals surface area contributed by atoms with Gasteiger partial charge >= 0.3 is 0 Å². The maximum absolute atomic E-state index is 11.9. The summed E-state index contributed by atoms with van der Waals surface area (Å²) in [5.41, 5.74) is 2.33. The van der Waals surface area contributed by atoms with Gasteiger partial charge in [0.2, 0.25) is 0 Å². The Morgan fingerprint density at radius 3 is 2.41 bits per heavy atom. The smallest absolute Gasteiger partial charge is 0.0689 e. The van der Waals surface area contributed by atoms with Crippen molar-refractivity contribution in [3.05, 3.63) is 23.3 Å². The molecule has 37 heavy (non-hydrogen) atoms. The predicted octanol–water partition coefficient (Wildman–Crippen LogP) is 6.56. The molecule has 0 aromatic rings. The van der Waals surface area contributed by atoms with Crippen LogP contribution in [0.15, 0.2) is 23.3 Å². The zero-order valence-corrected chi connectivity index (χ0v) is 24.4. The van der Waals surface area contributed by atoms with Crippen molar-refractivity contribution in [2.45, 2.75) is 136 Å². The van der Waals surface area contributed by atoms with Crippen molar-refractivity contribution >= 4 is 0 Å². The van der Waals surface area contributed by atoms with E-state index in [-0.39, 0.29) is 17.9 Å². The van der Waals surface area contributed by atoms with Crippen LogP contribution in [0.3, 0.4) is 0 Å². The Kier molecular flexibility index (Phi) is 9.06. The van der Waals surface area contributed by atoms with Crippen LogP contribution in [0.4, 0.5) is 0 Å². The number of aliphatic hydroxyl groups is 4. The van der Waals surface area contributed by atoms with Crippen LogP contribution in [0.5, 0.6) is 0 Å². The van der Waals surface area contributed by atoms with Crippen LogP contribution >= 0.6 is 0 Å². The Hall–Kier alpha value is -0.680. The molecular formula is C33H56O4. The molecule has 4 rings (SSSR count). The summed E-state index contributed by atoms with van der Waals surface area (Å²) in [5.74, 6) is 2.32. The summed E-state index contributed by atoms with van der Waals surface area (Å²) in [6, 6.07) is 0. The van der Waals surface area contributed by atoms with Crippen molar-refractivity contribution in [1.29, 1.82) is 0 Å². The van der Waals surface area contributed by atoms with E-state index in [1.807, 2.05) is 13.8 Å². The van der Waals surface area contributed by atoms with Crippen LogP contribution in [-0.4, -0.2) is 44.8 Å². The average Bonchev–Trinajstić information content (AvgIpc) is 3.18. The molecule has 0 aromatic carbocycles. The molecule has 4 N–H and O–H groups in total. The lowest BCUT2D eigenvalue weighted by molar-refractivity contribution is -0.100. The summed E-state index contributed by atoms with van der Waals surface area (Å²) in [5, 5.41) is 42.1. The highest BCUT2D eigenvalue weighted by molar-refractivity contribution is 5.40. The van der Waals surface area contributed by atoms with E-state index in [1.165, 1.54) is 31.3 Å². The van der Waals surface area contributed by atoms with E-state index in [9.17, 15) is 15.3 Å². The lowest BCUT2D eigenvalue weighted by Gasteiger charge is -2.58. The topological polar surface area (TPSA) is 80.9 Å². The monoisotopic (exact) mass is 516 g/mol. The third-order valence-corrected chi connectivity index (χ3v) is 11.6. The maximum atomic E-state index is 11.9. The normalized spacial score (nSPS) is 40.4. The Balaban J connectivity index is 1.48. The Morgan fingerprint density at radius 2 is 1.70 bits per heavy atom. The van der Waals surface area contributed by atoms with E-state index in [0.717, 1.165) is 57.3 Å². The molecule has 4 nitrogen and oxygen atoms in total. The standard InChI is InChI=1S/C33H56O4/c1-22(11-10-18-31(2,3)37)26-15-16-27-24-14-13-23-21-29(35)25(12-8-6-7-9-20-34)30(36)33(23,5)28(24)17-19-32(26,27)4/h13-14,22,25-30,34-37H,6-12,15-21H2,1-5H3/t22-,25+,26-,27+,28+,29-,30+,32-,33+/m1/s1. The van der Waals surface area contributed by atoms with Crippen LogP contribution in [0.1, 0.15) is 118 Å². The SMILES string of the molecule is C[C@H](CCCC(C)(C)O)[C@H]1CC[C@H]2C3=CC=C4C[C@@H](O)[C@H](CCCCCCO)[C@H](O)[C@]4(C)[C@H]3CC[C@]12C. The number of allylic oxidation sites excluding steroid dienone is 3. The molecule has 0 amide bonds. The quantitative estimate of drug-likeness (QED) is 0.234. The van der Waals surface area contributed by atoms with Crippen molar-refractivity contribution in [3.8, 4) is 0 Å². The zero-order chi connectivity index (χ0) is 27.0. The molecule has 9 atom stereocenters. The second-order valence-electron chi connectivity index (χ2n) is 14.5. The Bertz CT molecular complexity index is 840. The first-order chi connectivity index (χ1) is 17.4. The van der Waals surface area contributed by atoms with Crippen LogP contribution in [0.2, 0.25) is 0 Å². The van der Waals surface area contributed by atoms with E-state index in [0.29, 0.717) is 29.6 Å². The first kappa shape index (κ1) is 29.3. The number of hydrogen-bond donors (Lipinski definition) is 4. The zero-order valence-electron chi connectivity index (χ0n) is 24.4. The number of aliphatic hydroxyl groups excluding tert-OH is 3. The van der Waals surface area contributed by atoms with E-state index >= 15 is 0 Å². The van der Waals surface area contributed by atoms with Gasteiger partial charge in [0.15, 0.2) is 0 Å². The van der Waals surface area contributed by atoms with Crippen molar-refractivity contribution in [3.63, 3.8) is 0 Å². The molecule has 0 spiro atoms. The van der Waals surface area contributed by atoms with Gasteiger partial charge in [-0.15, -0.1) is 0 Å². The van der Waals surface area contributed by atoms with Gasteiger partial charge in [-0.2, -0.15) is 0 Å². The molecule has 0 unspecified atom stereocenters. The minimum absolute atomic E-state index is 0.0592. The first-order valence-corrected chi connectivity index (χ1v) is 15.5. The molecule has 212 valence electrons. The summed E-state index contributed by atoms with van der Waals surface area (Å²) in [6.45, 7) is 11.4. The molecule has 3 saturated carbocycles. The summed E-state index contributed by atoms with van der Waals surface area (Å²) >= 11 is 0. The average molecular weight is 517 g/mol. The third-order valence-electron chi connectivity index (χ3n) is 11.6. The van der Waals surface area contributed by atoms with Crippen LogP contribution in [-0.2, 0) is 0 Å². The largest absolute Gasteiger partial charge is 0.396 e. The Morgan fingerprint density at radius 1 is 0.973 bits per heavy atom. The van der Waals surface area contributed by atoms with Crippen LogP contribution in [0, 0.1) is 40.4 Å². The van der Waals surface area contributed by atoms with Gasteiger partial charge in [-0.1, -0.05) is 76.2 Å². The second-order valence-corrected chi connectivity index (χ2v) is 14.5. The number of hydrogen-bond acceptors (Lipinski definition) is 4. The number of unbranched alkanes of at least 4 members (excludes halogenated alkanes) is 3. The fourth-order valence-electron chi connectivity index (χ4n) is 9.42. The van der Waals surface area contributed by atoms with Gasteiger partial charge in [-0.25, -0.2) is 0 Å². The van der Waals surface area contributed by atoms with Crippen molar-refractivity contribution < 1.29 is 20.4 Å². The van der Waals surface area contributed by atoms with Gasteiger partial charge in [0.1, 0.15) is 0 Å². The molecule has 0 heterocycles. The fourth-order valence-corrected chi connectivity index (χ4v) is 9.42. The molecule has 4 aliphatic rings. The second kappa shape index (κ2) is 11.4. The van der Waals surface area contributed by atoms with E-state index in [4.69, 9.17) is 5.11 Å². The summed E-state index contributed by atoms with van der Waals surface area (Å²) in [4.78, 5) is 0. The minimum Gasteiger partial charge on any atom is -0.396 e. The Labute approximate surface area is 226 Å². The molecule has 0 saturated heterocycles. The van der Waals surface area contributed by atoms with Gasteiger partial charge < -0.3 is 20.4 Å². The van der Waals surface area contributed by atoms with Gasteiger partial charge in [-0.3, -0.25) is 0 Å². The van der Waals surface area contributed by atoms with Crippen molar-refractivity contribution in [1.82, 2.24) is 0 Å². The fraction of sp³-hybridized carbons (Fsp3) is 0.879. The van der Waals surface area contributed by atoms with Gasteiger partial charge in [0, 0.05) is 17.9 Å². The lowest BCUT2D eigenvalue weighted by atomic mass is 9.48. The molecule has 3 fully saturated rings. The molecule has 0 aromatic heterocycles. The van der Waals surface area contributed by atoms with Crippen LogP contribution in [0.25, 0.3) is 0 Å². The predicted molar refractivity (Wildman–Crippen MR) is 151 cm³/mol. The molecular weight excluding hydrogens is 460 g/mol. The van der Waals surface area contributed by atoms with E-state index in [1.54, 1.807) is 5.57 Å². The maximum Gasteiger partial charge on any atom is 0.0689 e. The van der Waals surface area contributed by atoms with E-state index in [2.05, 4.69) is 32.9 Å². The van der Waals surface area contributed by atoms with Crippen LogP contribution < -0.4 is 0 Å². The highest BCUT2D eigenvalue weighted by atomic mass is 16.3. The van der Waals surface area contributed by atoms with Crippen molar-refractivity contribution in [2.75, 3.05) is 6.61 Å². The van der Waals surface area contributed by atoms with Gasteiger partial charge in [-0.05, 0) is 94.3 Å². The molecule has 4 heteroatoms. The highest BCUT2D eigenvalue weighted by Gasteiger charge is 2.60. The van der Waals surface area contributed by atoms with Gasteiger partial charge in [0.25, 0.3) is 0 Å². The molecule has 4 aliphatic carbocycles. The molecule has 0 radical (unpaired) electrons. The van der Waals surface area contributed by atoms with Crippen molar-refractivity contribution in [2.24, 2.45) is 40.4 Å². The number of fused-ring (bicyclic) bond motifs is 5. The van der Waals surface area contributed by atoms with Gasteiger partial charge in [0.05, 0.1) is 17.8 Å². The summed E-state index contributed by atoms with van der Waals surface area (Å²) in [6.07, 6.45) is 17.3. The summed E-state index contributed by atoms with van der Waals surface area (Å²) in [7, 11) is 0. The molecule has 0 aliphatic heterocycles. The summed E-state index contributed by atoms with van der Waals surface area (Å²) < 4.78 is 0.